The molecule has 0 aromatic carbocycles. The van der Waals surface area contributed by atoms with Gasteiger partial charge in [-0.1, -0.05) is 13.8 Å². The summed E-state index contributed by atoms with van der Waals surface area (Å²) in [6, 6.07) is 0. The second kappa shape index (κ2) is 10.8. The molecule has 0 saturated carbocycles. The maximum absolute atomic E-state index is 10.0. The van der Waals surface area contributed by atoms with Crippen molar-refractivity contribution in [2.75, 3.05) is 0 Å². The Bertz CT molecular complexity index is 107. The predicted molar refractivity (Wildman–Crippen MR) is 38.5 cm³/mol. The minimum absolute atomic E-state index is 0. The van der Waals surface area contributed by atoms with Crippen LogP contribution in [0.15, 0.2) is 0 Å². The molecule has 0 aromatic rings. The fraction of sp³-hybridized carbons (Fsp3) is 0.667. The molecule has 72 valence electrons. The van der Waals surface area contributed by atoms with E-state index in [-0.39, 0.29) is 5.91 Å². The molecule has 0 unspecified atom stereocenters. The molecule has 4 nitrogen and oxygen atoms in total. The molecular weight excluding hydrogens is 389 g/mol. The summed E-state index contributed by atoms with van der Waals surface area (Å²) in [5, 5.41) is 0. The Hall–Kier alpha value is -2.06. The summed E-state index contributed by atoms with van der Waals surface area (Å²) in [6.07, 6.45) is 1.50. The van der Waals surface area contributed by atoms with Crippen LogP contribution >= 0.6 is 0 Å². The molecule has 0 spiro atoms. The molecule has 0 fully saturated rings. The average molecular weight is 402 g/mol. The maximum atomic E-state index is 10.0. The van der Waals surface area contributed by atoms with Gasteiger partial charge in [-0.05, 0) is 5.92 Å². The zero-order valence-corrected chi connectivity index (χ0v) is 8.95. The third kappa shape index (κ3) is 74.4. The van der Waals surface area contributed by atoms with Gasteiger partial charge in [-0.3, -0.25) is 4.79 Å². The molecule has 0 aromatic heterocycles. The quantitative estimate of drug-likeness (QED) is 0.484. The Morgan fingerprint density at radius 2 is 1.82 bits per heavy atom. The molecule has 0 aliphatic carbocycles. The van der Waals surface area contributed by atoms with Crippen LogP contribution in [0.5, 0.6) is 0 Å². The maximum Gasteiger partial charge on any atom is 0.217 e. The van der Waals surface area contributed by atoms with E-state index in [2.05, 4.69) is 5.73 Å². The van der Waals surface area contributed by atoms with E-state index in [9.17, 15) is 4.79 Å². The summed E-state index contributed by atoms with van der Waals surface area (Å²) in [5.41, 5.74) is 8.90. The molecule has 0 heterocycles. The first kappa shape index (κ1) is 16.0. The molecule has 5 heteroatoms. The van der Waals surface area contributed by atoms with E-state index in [1.165, 1.54) is 0 Å². The second-order valence-electron chi connectivity index (χ2n) is 2.18. The fourth-order valence-corrected chi connectivity index (χ4v) is 0.402. The van der Waals surface area contributed by atoms with Gasteiger partial charge in [0.1, 0.15) is 0 Å². The van der Waals surface area contributed by atoms with Gasteiger partial charge in [0, 0.05) is 6.42 Å². The number of hydrogen-bond donors (Lipinski definition) is 2. The van der Waals surface area contributed by atoms with Crippen molar-refractivity contribution < 1.29 is 9.59 Å². The first-order chi connectivity index (χ1) is 4.54. The zero-order chi connectivity index (χ0) is 8.57. The minimum atomic E-state index is -0.213. The van der Waals surface area contributed by atoms with E-state index < -0.39 is 0 Å². The van der Waals surface area contributed by atoms with Gasteiger partial charge in [-0.15, -0.1) is 0 Å². The molecule has 0 aliphatic heterocycles. The van der Waals surface area contributed by atoms with Crippen LogP contribution in [0.25, 0.3) is 0 Å². The summed E-state index contributed by atoms with van der Waals surface area (Å²) < 4.78 is 0. The predicted octanol–water partition coefficient (Wildman–Crippen LogP) is -0.470. The van der Waals surface area contributed by atoms with Gasteiger partial charge >= 0.3 is 0 Å². The third-order valence-electron chi connectivity index (χ3n) is 0.609. The normalized spacial score (nSPS) is 7.18. The van der Waals surface area contributed by atoms with Crippen molar-refractivity contribution in [2.24, 2.45) is 17.4 Å². The second-order valence-corrected chi connectivity index (χ2v) is 2.18. The molecule has 0 bridgehead atoms. The van der Waals surface area contributed by atoms with E-state index in [1.807, 2.05) is 13.8 Å². The largest absolute Gasteiger partial charge is 0.543 e. The SMILES string of the molecule is CC(C)CC(N)=O.N[C-]=O.[Fm]. The summed E-state index contributed by atoms with van der Waals surface area (Å²) >= 11 is 0. The Morgan fingerprint density at radius 1 is 1.55 bits per heavy atom. The van der Waals surface area contributed by atoms with Gasteiger partial charge in [0.25, 0.3) is 0 Å². The van der Waals surface area contributed by atoms with Crippen molar-refractivity contribution in [2.45, 2.75) is 20.3 Å². The van der Waals surface area contributed by atoms with Gasteiger partial charge in [0.15, 0.2) is 0 Å². The standard InChI is InChI=1S/C5H11NO.CH2NO.Fm/c1-4(2)3-5(6)7;2-1-3;/h4H,3H2,1-2H3,(H2,6,7);(H2,2,3);/q;-1;. The van der Waals surface area contributed by atoms with Crippen LogP contribution in [-0.4, -0.2) is 12.3 Å². The first-order valence-electron chi connectivity index (χ1n) is 2.90. The van der Waals surface area contributed by atoms with Crippen molar-refractivity contribution in [3.63, 3.8) is 0 Å². The van der Waals surface area contributed by atoms with Crippen molar-refractivity contribution in [1.29, 1.82) is 0 Å². The zero-order valence-electron chi connectivity index (χ0n) is 6.54. The number of amides is 2. The molecule has 0 atom stereocenters. The number of nitrogens with two attached hydrogens (primary N) is 2. The molecule has 0 aliphatic rings. The minimum Gasteiger partial charge on any atom is -0.543 e. The number of carbonyl (C=O) groups excluding carboxylic acids is 2. The molecule has 0 radical (unpaired) electrons. The molecular formula is C6H13FmN2O2-. The Kier molecular flexibility index (Phi) is 15.7. The van der Waals surface area contributed by atoms with E-state index in [0.717, 1.165) is 6.41 Å². The third-order valence-corrected chi connectivity index (χ3v) is 0.609. The Balaban J connectivity index is -0.000000140. The van der Waals surface area contributed by atoms with Gasteiger partial charge < -0.3 is 16.3 Å². The van der Waals surface area contributed by atoms with Crippen LogP contribution < -0.4 is 11.5 Å². The topological polar surface area (TPSA) is 86.2 Å². The smallest absolute Gasteiger partial charge is 0.217 e. The fourth-order valence-electron chi connectivity index (χ4n) is 0.402. The number of rotatable bonds is 2. The van der Waals surface area contributed by atoms with Crippen molar-refractivity contribution in [3.8, 4) is 0 Å². The number of carbonyl (C=O) groups is 1. The Morgan fingerprint density at radius 3 is 1.82 bits per heavy atom. The Labute approximate surface area is 60.6 Å². The van der Waals surface area contributed by atoms with E-state index in [1.54, 1.807) is 0 Å². The molecule has 0 saturated heterocycles. The molecule has 11 heavy (non-hydrogen) atoms. The van der Waals surface area contributed by atoms with Gasteiger partial charge in [-0.25, -0.2) is 0 Å². The summed E-state index contributed by atoms with van der Waals surface area (Å²) in [4.78, 5) is 18.5. The van der Waals surface area contributed by atoms with E-state index in [4.69, 9.17) is 10.5 Å². The molecule has 0 rings (SSSR count). The van der Waals surface area contributed by atoms with E-state index >= 15 is 0 Å². The first-order valence-corrected chi connectivity index (χ1v) is 2.90. The van der Waals surface area contributed by atoms with Crippen molar-refractivity contribution in [1.82, 2.24) is 0 Å². The number of primary amides is 2. The average Bonchev–Trinajstić information content (AvgIpc) is 1.62. The summed E-state index contributed by atoms with van der Waals surface area (Å²) in [7, 11) is 0. The van der Waals surface area contributed by atoms with E-state index in [0.29, 0.717) is 12.3 Å². The van der Waals surface area contributed by atoms with Crippen molar-refractivity contribution >= 4 is 12.3 Å². The van der Waals surface area contributed by atoms with Crippen LogP contribution in [0, 0.1) is 5.92 Å². The van der Waals surface area contributed by atoms with Crippen LogP contribution in [0.4, 0.5) is 0 Å². The van der Waals surface area contributed by atoms with Crippen LogP contribution in [0.3, 0.4) is 0 Å². The van der Waals surface area contributed by atoms with Crippen LogP contribution in [0.1, 0.15) is 20.3 Å². The molecule has 4 N–H and O–H groups in total. The summed E-state index contributed by atoms with van der Waals surface area (Å²) in [5.74, 6) is 0.188. The van der Waals surface area contributed by atoms with Gasteiger partial charge in [-0.2, -0.15) is 6.41 Å². The van der Waals surface area contributed by atoms with Gasteiger partial charge in [0.2, 0.25) is 5.91 Å². The monoisotopic (exact) mass is 402 g/mol. The van der Waals surface area contributed by atoms with Crippen LogP contribution in [0.2, 0.25) is 0 Å². The summed E-state index contributed by atoms with van der Waals surface area (Å²) in [6.45, 7) is 3.93. The van der Waals surface area contributed by atoms with Gasteiger partial charge in [0.05, 0.1) is 0 Å². The molecule has 2 amide bonds. The number of hydrogen-bond acceptors (Lipinski definition) is 2. The van der Waals surface area contributed by atoms with Crippen molar-refractivity contribution in [3.05, 3.63) is 0 Å². The van der Waals surface area contributed by atoms with Crippen LogP contribution in [-0.2, 0) is 9.59 Å².